The molecule has 0 heterocycles. The lowest BCUT2D eigenvalue weighted by atomic mass is 10.2. The van der Waals surface area contributed by atoms with Crippen LogP contribution in [0.4, 0.5) is 0 Å². The van der Waals surface area contributed by atoms with Crippen LogP contribution in [0.15, 0.2) is 0 Å². The molecule has 0 saturated carbocycles. The maximum absolute atomic E-state index is 11.3. The molecule has 0 amide bonds. The molecule has 0 rings (SSSR count). The summed E-state index contributed by atoms with van der Waals surface area (Å²) in [6, 6.07) is 0. The van der Waals surface area contributed by atoms with E-state index < -0.39 is 14.6 Å². The number of hydrogen-bond donors (Lipinski definition) is 2. The number of rotatable bonds is 6. The Morgan fingerprint density at radius 3 is 2.31 bits per heavy atom. The summed E-state index contributed by atoms with van der Waals surface area (Å²) < 4.78 is 21.8. The molecule has 80 valence electrons. The van der Waals surface area contributed by atoms with Crippen molar-refractivity contribution in [2.45, 2.75) is 25.0 Å². The Balaban J connectivity index is 3.91. The molecule has 0 bridgehead atoms. The van der Waals surface area contributed by atoms with E-state index in [0.29, 0.717) is 13.1 Å². The topological polar surface area (TPSA) is 72.2 Å². The van der Waals surface area contributed by atoms with Crippen LogP contribution in [-0.2, 0) is 9.84 Å². The normalized spacial score (nSPS) is 13.2. The van der Waals surface area contributed by atoms with Gasteiger partial charge in [0.2, 0.25) is 0 Å². The zero-order chi connectivity index (χ0) is 10.5. The van der Waals surface area contributed by atoms with E-state index in [1.165, 1.54) is 6.26 Å². The molecule has 0 fully saturated rings. The molecule has 0 aliphatic carbocycles. The molecular formula is C8H20N2O2S. The van der Waals surface area contributed by atoms with Crippen LogP contribution in [0.1, 0.15) is 20.3 Å². The summed E-state index contributed by atoms with van der Waals surface area (Å²) >= 11 is 0. The van der Waals surface area contributed by atoms with Gasteiger partial charge in [-0.25, -0.2) is 8.42 Å². The van der Waals surface area contributed by atoms with Crippen LogP contribution in [0.2, 0.25) is 0 Å². The summed E-state index contributed by atoms with van der Waals surface area (Å²) in [5, 5.41) is 3.07. The largest absolute Gasteiger partial charge is 0.330 e. The molecule has 3 N–H and O–H groups in total. The van der Waals surface area contributed by atoms with Crippen molar-refractivity contribution >= 4 is 9.84 Å². The lowest BCUT2D eigenvalue weighted by molar-refractivity contribution is 0.519. The molecular weight excluding hydrogens is 188 g/mol. The monoisotopic (exact) mass is 208 g/mol. The highest BCUT2D eigenvalue weighted by molar-refractivity contribution is 7.92. The predicted molar refractivity (Wildman–Crippen MR) is 55.5 cm³/mol. The Morgan fingerprint density at radius 1 is 1.38 bits per heavy atom. The van der Waals surface area contributed by atoms with Gasteiger partial charge in [-0.05, 0) is 33.4 Å². The van der Waals surface area contributed by atoms with Crippen LogP contribution < -0.4 is 11.1 Å². The lowest BCUT2D eigenvalue weighted by Crippen LogP contribution is -2.42. The molecule has 13 heavy (non-hydrogen) atoms. The maximum atomic E-state index is 11.3. The first-order valence-electron chi connectivity index (χ1n) is 4.41. The zero-order valence-corrected chi connectivity index (χ0v) is 9.45. The Hall–Kier alpha value is -0.130. The Bertz CT molecular complexity index is 235. The lowest BCUT2D eigenvalue weighted by Gasteiger charge is -2.22. The van der Waals surface area contributed by atoms with E-state index in [2.05, 4.69) is 5.32 Å². The molecule has 0 atom stereocenters. The summed E-state index contributed by atoms with van der Waals surface area (Å²) in [6.07, 6.45) is 2.14. The van der Waals surface area contributed by atoms with Crippen molar-refractivity contribution in [1.29, 1.82) is 0 Å². The minimum absolute atomic E-state index is 0.478. The second-order valence-corrected chi connectivity index (χ2v) is 6.50. The predicted octanol–water partition coefficient (Wildman–Crippen LogP) is -0.252. The SMILES string of the molecule is CC(C)(CNCCCN)S(C)(=O)=O. The average molecular weight is 208 g/mol. The fraction of sp³-hybridized carbons (Fsp3) is 1.00. The van der Waals surface area contributed by atoms with Crippen LogP contribution in [-0.4, -0.2) is 39.1 Å². The summed E-state index contributed by atoms with van der Waals surface area (Å²) in [6.45, 7) is 5.32. The van der Waals surface area contributed by atoms with Crippen LogP contribution in [0.25, 0.3) is 0 Å². The van der Waals surface area contributed by atoms with E-state index in [1.54, 1.807) is 13.8 Å². The highest BCUT2D eigenvalue weighted by Crippen LogP contribution is 2.12. The smallest absolute Gasteiger partial charge is 0.153 e. The second kappa shape index (κ2) is 4.93. The van der Waals surface area contributed by atoms with Gasteiger partial charge >= 0.3 is 0 Å². The van der Waals surface area contributed by atoms with Gasteiger partial charge in [-0.15, -0.1) is 0 Å². The Kier molecular flexibility index (Phi) is 4.88. The van der Waals surface area contributed by atoms with Crippen molar-refractivity contribution in [2.24, 2.45) is 5.73 Å². The van der Waals surface area contributed by atoms with Gasteiger partial charge in [-0.2, -0.15) is 0 Å². The van der Waals surface area contributed by atoms with E-state index in [-0.39, 0.29) is 0 Å². The maximum Gasteiger partial charge on any atom is 0.153 e. The van der Waals surface area contributed by atoms with E-state index in [9.17, 15) is 8.42 Å². The van der Waals surface area contributed by atoms with Gasteiger partial charge in [-0.3, -0.25) is 0 Å². The number of hydrogen-bond acceptors (Lipinski definition) is 4. The molecule has 0 aromatic carbocycles. The summed E-state index contributed by atoms with van der Waals surface area (Å²) in [4.78, 5) is 0. The number of nitrogens with two attached hydrogens (primary N) is 1. The molecule has 0 radical (unpaired) electrons. The fourth-order valence-corrected chi connectivity index (χ4v) is 1.11. The molecule has 0 aromatic heterocycles. The molecule has 0 aliphatic rings. The highest BCUT2D eigenvalue weighted by atomic mass is 32.2. The fourth-order valence-electron chi connectivity index (χ4n) is 0.748. The van der Waals surface area contributed by atoms with Crippen molar-refractivity contribution in [3.63, 3.8) is 0 Å². The molecule has 0 aromatic rings. The van der Waals surface area contributed by atoms with Crippen molar-refractivity contribution in [2.75, 3.05) is 25.9 Å². The van der Waals surface area contributed by atoms with Gasteiger partial charge < -0.3 is 11.1 Å². The van der Waals surface area contributed by atoms with Crippen molar-refractivity contribution in [3.8, 4) is 0 Å². The minimum atomic E-state index is -2.98. The molecule has 5 heteroatoms. The van der Waals surface area contributed by atoms with E-state index in [0.717, 1.165) is 13.0 Å². The third-order valence-corrected chi connectivity index (χ3v) is 4.26. The number of sulfone groups is 1. The summed E-state index contributed by atoms with van der Waals surface area (Å²) in [7, 11) is -2.98. The number of nitrogens with one attached hydrogen (secondary N) is 1. The third-order valence-electron chi connectivity index (χ3n) is 2.11. The molecule has 0 unspecified atom stereocenters. The standard InChI is InChI=1S/C8H20N2O2S/c1-8(2,13(3,11)12)7-10-6-4-5-9/h10H,4-7,9H2,1-3H3. The first kappa shape index (κ1) is 12.9. The van der Waals surface area contributed by atoms with Crippen LogP contribution in [0.3, 0.4) is 0 Å². The first-order valence-corrected chi connectivity index (χ1v) is 6.31. The van der Waals surface area contributed by atoms with Crippen LogP contribution in [0.5, 0.6) is 0 Å². The third kappa shape index (κ3) is 4.59. The van der Waals surface area contributed by atoms with Gasteiger partial charge in [0.1, 0.15) is 0 Å². The highest BCUT2D eigenvalue weighted by Gasteiger charge is 2.29. The van der Waals surface area contributed by atoms with Gasteiger partial charge in [0, 0.05) is 12.8 Å². The summed E-state index contributed by atoms with van der Waals surface area (Å²) in [5.74, 6) is 0. The zero-order valence-electron chi connectivity index (χ0n) is 8.63. The van der Waals surface area contributed by atoms with E-state index in [1.807, 2.05) is 0 Å². The van der Waals surface area contributed by atoms with E-state index in [4.69, 9.17) is 5.73 Å². The van der Waals surface area contributed by atoms with Crippen molar-refractivity contribution in [3.05, 3.63) is 0 Å². The quantitative estimate of drug-likeness (QED) is 0.590. The van der Waals surface area contributed by atoms with Crippen molar-refractivity contribution in [1.82, 2.24) is 5.32 Å². The molecule has 0 spiro atoms. The van der Waals surface area contributed by atoms with Crippen molar-refractivity contribution < 1.29 is 8.42 Å². The summed E-state index contributed by atoms with van der Waals surface area (Å²) in [5.41, 5.74) is 5.31. The minimum Gasteiger partial charge on any atom is -0.330 e. The Morgan fingerprint density at radius 2 is 1.92 bits per heavy atom. The molecule has 4 nitrogen and oxygen atoms in total. The van der Waals surface area contributed by atoms with Crippen LogP contribution in [0, 0.1) is 0 Å². The van der Waals surface area contributed by atoms with E-state index >= 15 is 0 Å². The van der Waals surface area contributed by atoms with Gasteiger partial charge in [0.25, 0.3) is 0 Å². The van der Waals surface area contributed by atoms with Gasteiger partial charge in [-0.1, -0.05) is 0 Å². The Labute approximate surface area is 80.8 Å². The molecule has 0 aliphatic heterocycles. The second-order valence-electron chi connectivity index (χ2n) is 3.85. The average Bonchev–Trinajstić information content (AvgIpc) is 1.96. The van der Waals surface area contributed by atoms with Gasteiger partial charge in [0.15, 0.2) is 9.84 Å². The van der Waals surface area contributed by atoms with Crippen LogP contribution >= 0.6 is 0 Å². The van der Waals surface area contributed by atoms with Gasteiger partial charge in [0.05, 0.1) is 4.75 Å². The first-order chi connectivity index (χ1) is 5.81. The molecule has 0 saturated heterocycles.